The lowest BCUT2D eigenvalue weighted by molar-refractivity contribution is 0.0935. The van der Waals surface area contributed by atoms with Crippen LogP contribution in [-0.4, -0.2) is 14.3 Å². The molecule has 0 saturated heterocycles. The molecule has 3 rings (SSSR count). The molecule has 0 aliphatic rings. The standard InChI is InChI=1S/C23H24N2O3S/c1-3-22(18-14-12-17(2)13-15-18)24-23(26)19-8-7-9-20(16-19)25-29(27,28)21-10-5-4-6-11-21/h4-16,22,25H,3H2,1-2H3,(H,24,26)/t22-/m0/s1. The van der Waals surface area contributed by atoms with E-state index in [9.17, 15) is 13.2 Å². The molecule has 0 radical (unpaired) electrons. The van der Waals surface area contributed by atoms with Crippen LogP contribution in [0.1, 0.15) is 40.9 Å². The highest BCUT2D eigenvalue weighted by Gasteiger charge is 2.17. The molecule has 0 saturated carbocycles. The molecule has 0 fully saturated rings. The first-order valence-electron chi connectivity index (χ1n) is 9.44. The molecule has 1 atom stereocenters. The molecule has 1 amide bonds. The van der Waals surface area contributed by atoms with E-state index in [4.69, 9.17) is 0 Å². The maximum Gasteiger partial charge on any atom is 0.261 e. The van der Waals surface area contributed by atoms with E-state index in [0.717, 1.165) is 17.5 Å². The minimum atomic E-state index is -3.71. The number of hydrogen-bond donors (Lipinski definition) is 2. The minimum Gasteiger partial charge on any atom is -0.345 e. The third-order valence-corrected chi connectivity index (χ3v) is 6.02. The van der Waals surface area contributed by atoms with Crippen LogP contribution in [0.3, 0.4) is 0 Å². The van der Waals surface area contributed by atoms with Gasteiger partial charge in [-0.15, -0.1) is 0 Å². The first-order valence-corrected chi connectivity index (χ1v) is 10.9. The van der Waals surface area contributed by atoms with Crippen molar-refractivity contribution in [3.8, 4) is 0 Å². The van der Waals surface area contributed by atoms with Crippen molar-refractivity contribution < 1.29 is 13.2 Å². The van der Waals surface area contributed by atoms with Gasteiger partial charge in [0.25, 0.3) is 15.9 Å². The van der Waals surface area contributed by atoms with Gasteiger partial charge in [0.15, 0.2) is 0 Å². The topological polar surface area (TPSA) is 75.3 Å². The number of carbonyl (C=O) groups excluding carboxylic acids is 1. The van der Waals surface area contributed by atoms with Gasteiger partial charge in [-0.1, -0.05) is 61.0 Å². The first kappa shape index (κ1) is 20.6. The maximum absolute atomic E-state index is 12.8. The number of nitrogens with one attached hydrogen (secondary N) is 2. The SMILES string of the molecule is CC[C@H](NC(=O)c1cccc(NS(=O)(=O)c2ccccc2)c1)c1ccc(C)cc1. The number of aryl methyl sites for hydroxylation is 1. The zero-order valence-corrected chi connectivity index (χ0v) is 17.2. The van der Waals surface area contributed by atoms with E-state index in [0.29, 0.717) is 11.3 Å². The Kier molecular flexibility index (Phi) is 6.34. The summed E-state index contributed by atoms with van der Waals surface area (Å²) in [7, 11) is -3.71. The number of carbonyl (C=O) groups is 1. The highest BCUT2D eigenvalue weighted by molar-refractivity contribution is 7.92. The monoisotopic (exact) mass is 408 g/mol. The molecule has 0 aromatic heterocycles. The van der Waals surface area contributed by atoms with Crippen LogP contribution < -0.4 is 10.0 Å². The zero-order chi connectivity index (χ0) is 20.9. The molecule has 0 aliphatic carbocycles. The molecule has 2 N–H and O–H groups in total. The number of sulfonamides is 1. The van der Waals surface area contributed by atoms with Gasteiger partial charge in [0.2, 0.25) is 0 Å². The Balaban J connectivity index is 1.76. The second-order valence-corrected chi connectivity index (χ2v) is 8.53. The second kappa shape index (κ2) is 8.92. The van der Waals surface area contributed by atoms with Crippen molar-refractivity contribution in [1.82, 2.24) is 5.32 Å². The fourth-order valence-corrected chi connectivity index (χ4v) is 4.07. The Labute approximate surface area is 171 Å². The molecule has 0 aliphatic heterocycles. The van der Waals surface area contributed by atoms with Crippen molar-refractivity contribution in [1.29, 1.82) is 0 Å². The summed E-state index contributed by atoms with van der Waals surface area (Å²) in [5.41, 5.74) is 2.93. The van der Waals surface area contributed by atoms with E-state index < -0.39 is 10.0 Å². The molecule has 0 heterocycles. The fourth-order valence-electron chi connectivity index (χ4n) is 3.00. The van der Waals surface area contributed by atoms with Crippen LogP contribution in [0.5, 0.6) is 0 Å². The molecule has 3 aromatic rings. The number of hydrogen-bond acceptors (Lipinski definition) is 3. The molecular weight excluding hydrogens is 384 g/mol. The summed E-state index contributed by atoms with van der Waals surface area (Å²) in [6, 6.07) is 22.5. The summed E-state index contributed by atoms with van der Waals surface area (Å²) in [5.74, 6) is -0.252. The Bertz CT molecular complexity index is 1080. The molecule has 0 bridgehead atoms. The van der Waals surface area contributed by atoms with Crippen molar-refractivity contribution in [3.63, 3.8) is 0 Å². The normalized spacial score (nSPS) is 12.2. The van der Waals surface area contributed by atoms with Crippen molar-refractivity contribution in [2.45, 2.75) is 31.2 Å². The van der Waals surface area contributed by atoms with Gasteiger partial charge in [-0.25, -0.2) is 8.42 Å². The van der Waals surface area contributed by atoms with Gasteiger partial charge in [0.05, 0.1) is 10.9 Å². The summed E-state index contributed by atoms with van der Waals surface area (Å²) in [6.07, 6.45) is 0.745. The molecular formula is C23H24N2O3S. The Morgan fingerprint density at radius 1 is 0.931 bits per heavy atom. The van der Waals surface area contributed by atoms with Gasteiger partial charge >= 0.3 is 0 Å². The van der Waals surface area contributed by atoms with Gasteiger partial charge in [0.1, 0.15) is 0 Å². The molecule has 150 valence electrons. The predicted molar refractivity (Wildman–Crippen MR) is 115 cm³/mol. The number of benzene rings is 3. The van der Waals surface area contributed by atoms with E-state index in [1.807, 2.05) is 38.1 Å². The summed E-state index contributed by atoms with van der Waals surface area (Å²) >= 11 is 0. The lowest BCUT2D eigenvalue weighted by Gasteiger charge is -2.18. The predicted octanol–water partition coefficient (Wildman–Crippen LogP) is 4.68. The molecule has 0 unspecified atom stereocenters. The van der Waals surface area contributed by atoms with Gasteiger partial charge in [-0.3, -0.25) is 9.52 Å². The summed E-state index contributed by atoms with van der Waals surface area (Å²) in [6.45, 7) is 4.03. The van der Waals surface area contributed by atoms with Crippen LogP contribution in [0, 0.1) is 6.92 Å². The Morgan fingerprint density at radius 3 is 2.28 bits per heavy atom. The third-order valence-electron chi connectivity index (χ3n) is 4.62. The number of anilines is 1. The molecule has 0 spiro atoms. The van der Waals surface area contributed by atoms with Crippen LogP contribution >= 0.6 is 0 Å². The van der Waals surface area contributed by atoms with Crippen LogP contribution in [0.15, 0.2) is 83.8 Å². The van der Waals surface area contributed by atoms with E-state index in [1.165, 1.54) is 18.2 Å². The van der Waals surface area contributed by atoms with Crippen molar-refractivity contribution in [3.05, 3.63) is 95.6 Å². The fraction of sp³-hybridized carbons (Fsp3) is 0.174. The zero-order valence-electron chi connectivity index (χ0n) is 16.4. The minimum absolute atomic E-state index is 0.118. The lowest BCUT2D eigenvalue weighted by atomic mass is 10.0. The van der Waals surface area contributed by atoms with E-state index in [2.05, 4.69) is 10.0 Å². The quantitative estimate of drug-likeness (QED) is 0.596. The van der Waals surface area contributed by atoms with Crippen molar-refractivity contribution in [2.24, 2.45) is 0 Å². The average Bonchev–Trinajstić information content (AvgIpc) is 2.73. The lowest BCUT2D eigenvalue weighted by Crippen LogP contribution is -2.28. The summed E-state index contributed by atoms with van der Waals surface area (Å²) < 4.78 is 27.5. The number of amides is 1. The van der Waals surface area contributed by atoms with Crippen LogP contribution in [0.25, 0.3) is 0 Å². The summed E-state index contributed by atoms with van der Waals surface area (Å²) in [5, 5.41) is 3.02. The average molecular weight is 409 g/mol. The second-order valence-electron chi connectivity index (χ2n) is 6.84. The maximum atomic E-state index is 12.8. The van der Waals surface area contributed by atoms with E-state index in [-0.39, 0.29) is 16.8 Å². The number of rotatable bonds is 7. The Hall–Kier alpha value is -3.12. The first-order chi connectivity index (χ1) is 13.9. The van der Waals surface area contributed by atoms with Crippen LogP contribution in [-0.2, 0) is 10.0 Å². The molecule has 3 aromatic carbocycles. The highest BCUT2D eigenvalue weighted by atomic mass is 32.2. The van der Waals surface area contributed by atoms with Gasteiger partial charge < -0.3 is 5.32 Å². The van der Waals surface area contributed by atoms with Gasteiger partial charge in [-0.2, -0.15) is 0 Å². The van der Waals surface area contributed by atoms with E-state index >= 15 is 0 Å². The van der Waals surface area contributed by atoms with Crippen LogP contribution in [0.4, 0.5) is 5.69 Å². The highest BCUT2D eigenvalue weighted by Crippen LogP contribution is 2.20. The third kappa shape index (κ3) is 5.23. The van der Waals surface area contributed by atoms with Gasteiger partial charge in [-0.05, 0) is 49.2 Å². The van der Waals surface area contributed by atoms with E-state index in [1.54, 1.807) is 36.4 Å². The summed E-state index contributed by atoms with van der Waals surface area (Å²) in [4.78, 5) is 12.9. The van der Waals surface area contributed by atoms with Crippen molar-refractivity contribution in [2.75, 3.05) is 4.72 Å². The van der Waals surface area contributed by atoms with Gasteiger partial charge in [0, 0.05) is 11.3 Å². The smallest absolute Gasteiger partial charge is 0.261 e. The molecule has 6 heteroatoms. The molecule has 5 nitrogen and oxygen atoms in total. The molecule has 29 heavy (non-hydrogen) atoms. The largest absolute Gasteiger partial charge is 0.345 e. The van der Waals surface area contributed by atoms with Crippen LogP contribution in [0.2, 0.25) is 0 Å². The van der Waals surface area contributed by atoms with Crippen molar-refractivity contribution >= 4 is 21.6 Å². The Morgan fingerprint density at radius 2 is 1.62 bits per heavy atom.